The Kier molecular flexibility index (Phi) is 5.78. The molecule has 138 valence electrons. The monoisotopic (exact) mass is 367 g/mol. The maximum absolute atomic E-state index is 11.9. The average Bonchev–Trinajstić information content (AvgIpc) is 3.26. The van der Waals surface area contributed by atoms with Gasteiger partial charge in [-0.1, -0.05) is 12.1 Å². The molecule has 27 heavy (non-hydrogen) atoms. The van der Waals surface area contributed by atoms with Crippen molar-refractivity contribution in [2.24, 2.45) is 0 Å². The molecular formula is C19H17N3O5. The highest BCUT2D eigenvalue weighted by molar-refractivity contribution is 5.89. The van der Waals surface area contributed by atoms with Gasteiger partial charge < -0.3 is 19.2 Å². The van der Waals surface area contributed by atoms with E-state index in [-0.39, 0.29) is 12.5 Å². The van der Waals surface area contributed by atoms with Crippen LogP contribution in [-0.2, 0) is 16.1 Å². The molecule has 0 spiro atoms. The molecule has 0 saturated heterocycles. The summed E-state index contributed by atoms with van der Waals surface area (Å²) in [6, 6.07) is 13.8. The minimum Gasteiger partial charge on any atom is -0.484 e. The Morgan fingerprint density at radius 1 is 1.07 bits per heavy atom. The third-order valence-electron chi connectivity index (χ3n) is 3.70. The molecule has 0 radical (unpaired) electrons. The first-order valence-electron chi connectivity index (χ1n) is 8.09. The summed E-state index contributed by atoms with van der Waals surface area (Å²) in [4.78, 5) is 23.3. The molecule has 2 aromatic carbocycles. The Bertz CT molecular complexity index is 890. The summed E-state index contributed by atoms with van der Waals surface area (Å²) in [5.74, 6) is 0.311. The number of methoxy groups -OCH3 is 1. The Hall–Kier alpha value is -3.68. The summed E-state index contributed by atoms with van der Waals surface area (Å²) in [5.41, 5.74) is 2.08. The second-order valence-corrected chi connectivity index (χ2v) is 5.52. The standard InChI is InChI=1S/C19H17N3O5/c1-25-19(24)15-4-2-13(3-5-15)10-20-17(23)11-26-16-8-6-14(7-9-16)18-22-21-12-27-18/h2-9,12H,10-11H2,1H3,(H,20,23). The maximum atomic E-state index is 11.9. The second kappa shape index (κ2) is 8.61. The zero-order chi connectivity index (χ0) is 19.1. The summed E-state index contributed by atoms with van der Waals surface area (Å²) >= 11 is 0. The van der Waals surface area contributed by atoms with Gasteiger partial charge in [0, 0.05) is 12.1 Å². The minimum absolute atomic E-state index is 0.111. The molecule has 0 bridgehead atoms. The van der Waals surface area contributed by atoms with Gasteiger partial charge in [0.05, 0.1) is 12.7 Å². The van der Waals surface area contributed by atoms with Crippen LogP contribution in [0.3, 0.4) is 0 Å². The SMILES string of the molecule is COC(=O)c1ccc(CNC(=O)COc2ccc(-c3nnco3)cc2)cc1. The number of carbonyl (C=O) groups is 2. The van der Waals surface area contributed by atoms with Crippen LogP contribution < -0.4 is 10.1 Å². The molecule has 0 fully saturated rings. The predicted molar refractivity (Wildman–Crippen MR) is 94.9 cm³/mol. The lowest BCUT2D eigenvalue weighted by atomic mass is 10.1. The second-order valence-electron chi connectivity index (χ2n) is 5.52. The van der Waals surface area contributed by atoms with E-state index < -0.39 is 5.97 Å². The van der Waals surface area contributed by atoms with Crippen LogP contribution in [0.5, 0.6) is 5.75 Å². The van der Waals surface area contributed by atoms with Gasteiger partial charge in [-0.3, -0.25) is 4.79 Å². The van der Waals surface area contributed by atoms with Crippen molar-refractivity contribution in [3.63, 3.8) is 0 Å². The van der Waals surface area contributed by atoms with Crippen molar-refractivity contribution in [2.45, 2.75) is 6.54 Å². The summed E-state index contributed by atoms with van der Waals surface area (Å²) in [5, 5.41) is 10.2. The van der Waals surface area contributed by atoms with Gasteiger partial charge in [-0.15, -0.1) is 10.2 Å². The van der Waals surface area contributed by atoms with Gasteiger partial charge in [-0.25, -0.2) is 4.79 Å². The van der Waals surface area contributed by atoms with Crippen molar-refractivity contribution >= 4 is 11.9 Å². The van der Waals surface area contributed by atoms with Crippen molar-refractivity contribution in [1.82, 2.24) is 15.5 Å². The Balaban J connectivity index is 1.45. The van der Waals surface area contributed by atoms with E-state index in [4.69, 9.17) is 9.15 Å². The Morgan fingerprint density at radius 2 is 1.81 bits per heavy atom. The number of hydrogen-bond donors (Lipinski definition) is 1. The van der Waals surface area contributed by atoms with Crippen molar-refractivity contribution in [1.29, 1.82) is 0 Å². The first-order valence-corrected chi connectivity index (χ1v) is 8.09. The molecule has 1 aromatic heterocycles. The number of hydrogen-bond acceptors (Lipinski definition) is 7. The van der Waals surface area contributed by atoms with Crippen molar-refractivity contribution in [2.75, 3.05) is 13.7 Å². The van der Waals surface area contributed by atoms with Crippen LogP contribution in [0.2, 0.25) is 0 Å². The zero-order valence-corrected chi connectivity index (χ0v) is 14.5. The highest BCUT2D eigenvalue weighted by Crippen LogP contribution is 2.20. The lowest BCUT2D eigenvalue weighted by Gasteiger charge is -2.08. The summed E-state index contributed by atoms with van der Waals surface area (Å²) < 4.78 is 15.2. The minimum atomic E-state index is -0.399. The molecule has 1 amide bonds. The molecule has 1 heterocycles. The van der Waals surface area contributed by atoms with Crippen LogP contribution >= 0.6 is 0 Å². The first-order chi connectivity index (χ1) is 13.2. The molecule has 8 nitrogen and oxygen atoms in total. The van der Waals surface area contributed by atoms with Gasteiger partial charge in [0.2, 0.25) is 12.3 Å². The molecule has 0 aliphatic rings. The molecule has 0 aliphatic heterocycles. The smallest absolute Gasteiger partial charge is 0.337 e. The lowest BCUT2D eigenvalue weighted by molar-refractivity contribution is -0.123. The molecule has 0 unspecified atom stereocenters. The van der Waals surface area contributed by atoms with E-state index in [1.54, 1.807) is 48.5 Å². The van der Waals surface area contributed by atoms with Gasteiger partial charge in [0.25, 0.3) is 5.91 Å². The Labute approximate surface area is 155 Å². The van der Waals surface area contributed by atoms with E-state index in [2.05, 4.69) is 20.3 Å². The van der Waals surface area contributed by atoms with Crippen LogP contribution in [0.1, 0.15) is 15.9 Å². The number of ether oxygens (including phenoxy) is 2. The van der Waals surface area contributed by atoms with Crippen LogP contribution in [0.25, 0.3) is 11.5 Å². The van der Waals surface area contributed by atoms with E-state index in [9.17, 15) is 9.59 Å². The largest absolute Gasteiger partial charge is 0.484 e. The molecule has 3 rings (SSSR count). The molecule has 3 aromatic rings. The highest BCUT2D eigenvalue weighted by atomic mass is 16.5. The van der Waals surface area contributed by atoms with E-state index >= 15 is 0 Å². The number of esters is 1. The normalized spacial score (nSPS) is 10.3. The van der Waals surface area contributed by atoms with E-state index in [1.807, 2.05) is 0 Å². The molecule has 0 saturated carbocycles. The number of carbonyl (C=O) groups excluding carboxylic acids is 2. The molecule has 1 N–H and O–H groups in total. The van der Waals surface area contributed by atoms with Crippen LogP contribution in [-0.4, -0.2) is 35.8 Å². The van der Waals surface area contributed by atoms with Crippen molar-refractivity contribution in [3.8, 4) is 17.2 Å². The van der Waals surface area contributed by atoms with Crippen molar-refractivity contribution < 1.29 is 23.5 Å². The van der Waals surface area contributed by atoms with Crippen LogP contribution in [0.4, 0.5) is 0 Å². The van der Waals surface area contributed by atoms with Gasteiger partial charge in [0.15, 0.2) is 6.61 Å². The topological polar surface area (TPSA) is 104 Å². The maximum Gasteiger partial charge on any atom is 0.337 e. The third-order valence-corrected chi connectivity index (χ3v) is 3.70. The van der Waals surface area contributed by atoms with Gasteiger partial charge >= 0.3 is 5.97 Å². The van der Waals surface area contributed by atoms with Crippen LogP contribution in [0.15, 0.2) is 59.3 Å². The highest BCUT2D eigenvalue weighted by Gasteiger charge is 2.07. The molecule has 8 heteroatoms. The predicted octanol–water partition coefficient (Wildman–Crippen LogP) is 2.22. The van der Waals surface area contributed by atoms with Gasteiger partial charge in [-0.05, 0) is 42.0 Å². The van der Waals surface area contributed by atoms with Crippen molar-refractivity contribution in [3.05, 3.63) is 66.1 Å². The quantitative estimate of drug-likeness (QED) is 0.639. The Morgan fingerprint density at radius 3 is 2.44 bits per heavy atom. The fraction of sp³-hybridized carbons (Fsp3) is 0.158. The molecular weight excluding hydrogens is 350 g/mol. The molecule has 0 aliphatic carbocycles. The van der Waals surface area contributed by atoms with Gasteiger partial charge in [0.1, 0.15) is 5.75 Å². The lowest BCUT2D eigenvalue weighted by Crippen LogP contribution is -2.28. The van der Waals surface area contributed by atoms with Gasteiger partial charge in [-0.2, -0.15) is 0 Å². The number of aromatic nitrogens is 2. The number of amides is 1. The van der Waals surface area contributed by atoms with E-state index in [1.165, 1.54) is 13.5 Å². The van der Waals surface area contributed by atoms with E-state index in [0.29, 0.717) is 23.7 Å². The summed E-state index contributed by atoms with van der Waals surface area (Å²) in [6.07, 6.45) is 1.26. The van der Waals surface area contributed by atoms with Crippen LogP contribution in [0, 0.1) is 0 Å². The number of benzene rings is 2. The fourth-order valence-corrected chi connectivity index (χ4v) is 2.27. The average molecular weight is 367 g/mol. The number of rotatable bonds is 7. The van der Waals surface area contributed by atoms with E-state index in [0.717, 1.165) is 11.1 Å². The first kappa shape index (κ1) is 18.1. The number of nitrogens with one attached hydrogen (secondary N) is 1. The fourth-order valence-electron chi connectivity index (χ4n) is 2.27. The summed E-state index contributed by atoms with van der Waals surface area (Å²) in [7, 11) is 1.33. The summed E-state index contributed by atoms with van der Waals surface area (Å²) in [6.45, 7) is 0.222. The molecule has 0 atom stereocenters. The number of nitrogens with zero attached hydrogens (tertiary/aromatic N) is 2. The zero-order valence-electron chi connectivity index (χ0n) is 14.5. The third kappa shape index (κ3) is 4.91.